The molecule has 3 nitrogen and oxygen atoms in total. The van der Waals surface area contributed by atoms with E-state index in [0.29, 0.717) is 12.2 Å². The van der Waals surface area contributed by atoms with E-state index in [1.54, 1.807) is 6.92 Å². The van der Waals surface area contributed by atoms with E-state index in [0.717, 1.165) is 13.1 Å². The molecule has 0 saturated carbocycles. The first-order valence-corrected chi connectivity index (χ1v) is 8.71. The Labute approximate surface area is 131 Å². The molecule has 0 aliphatic carbocycles. The molecule has 0 aliphatic heterocycles. The average Bonchev–Trinajstić information content (AvgIpc) is 2.47. The molecule has 0 aromatic carbocycles. The molecule has 0 fully saturated rings. The number of carbonyl (C=O) groups is 1. The fourth-order valence-electron chi connectivity index (χ4n) is 2.20. The van der Waals surface area contributed by atoms with Crippen LogP contribution in [0.4, 0.5) is 0 Å². The van der Waals surface area contributed by atoms with E-state index in [4.69, 9.17) is 4.74 Å². The van der Waals surface area contributed by atoms with Crippen molar-refractivity contribution in [2.75, 3.05) is 19.7 Å². The van der Waals surface area contributed by atoms with E-state index in [2.05, 4.69) is 18.8 Å². The van der Waals surface area contributed by atoms with E-state index < -0.39 is 0 Å². The van der Waals surface area contributed by atoms with Crippen molar-refractivity contribution in [3.8, 4) is 0 Å². The molecule has 0 amide bonds. The van der Waals surface area contributed by atoms with Crippen molar-refractivity contribution in [3.63, 3.8) is 0 Å². The van der Waals surface area contributed by atoms with Crippen molar-refractivity contribution in [1.82, 2.24) is 5.32 Å². The molecule has 0 radical (unpaired) electrons. The van der Waals surface area contributed by atoms with Crippen LogP contribution in [0.25, 0.3) is 0 Å². The van der Waals surface area contributed by atoms with Gasteiger partial charge in [0.25, 0.3) is 0 Å². The molecule has 0 unspecified atom stereocenters. The van der Waals surface area contributed by atoms with E-state index in [1.807, 2.05) is 0 Å². The standard InChI is InChI=1S/C18H35NO2/c1-4-5-6-7-8-9-10-11-12-13-14-19-15-16-21-18(20)17(2)3/h19H,2,4-16H2,1,3H3. The van der Waals surface area contributed by atoms with Gasteiger partial charge in [-0.2, -0.15) is 0 Å². The maximum Gasteiger partial charge on any atom is 0.333 e. The van der Waals surface area contributed by atoms with Gasteiger partial charge in [-0.1, -0.05) is 71.3 Å². The van der Waals surface area contributed by atoms with Gasteiger partial charge in [0, 0.05) is 12.1 Å². The Bertz CT molecular complexity index is 264. The molecule has 0 bridgehead atoms. The number of rotatable bonds is 15. The van der Waals surface area contributed by atoms with Crippen molar-refractivity contribution in [2.24, 2.45) is 0 Å². The first-order valence-electron chi connectivity index (χ1n) is 8.71. The van der Waals surface area contributed by atoms with Gasteiger partial charge < -0.3 is 10.1 Å². The van der Waals surface area contributed by atoms with Crippen LogP contribution in [0.3, 0.4) is 0 Å². The summed E-state index contributed by atoms with van der Waals surface area (Å²) < 4.78 is 5.00. The van der Waals surface area contributed by atoms with E-state index in [-0.39, 0.29) is 5.97 Å². The van der Waals surface area contributed by atoms with Gasteiger partial charge in [0.15, 0.2) is 0 Å². The predicted octanol–water partition coefficient (Wildman–Crippen LogP) is 4.62. The van der Waals surface area contributed by atoms with Crippen molar-refractivity contribution in [2.45, 2.75) is 78.1 Å². The lowest BCUT2D eigenvalue weighted by Gasteiger charge is -2.06. The minimum absolute atomic E-state index is 0.296. The monoisotopic (exact) mass is 297 g/mol. The summed E-state index contributed by atoms with van der Waals surface area (Å²) in [5.41, 5.74) is 0.463. The average molecular weight is 297 g/mol. The highest BCUT2D eigenvalue weighted by molar-refractivity contribution is 5.86. The first kappa shape index (κ1) is 20.2. The van der Waals surface area contributed by atoms with Crippen LogP contribution >= 0.6 is 0 Å². The molecule has 0 aliphatic rings. The fourth-order valence-corrected chi connectivity index (χ4v) is 2.20. The summed E-state index contributed by atoms with van der Waals surface area (Å²) >= 11 is 0. The Morgan fingerprint density at radius 2 is 1.43 bits per heavy atom. The van der Waals surface area contributed by atoms with Crippen LogP contribution in [0.15, 0.2) is 12.2 Å². The number of hydrogen-bond acceptors (Lipinski definition) is 3. The Morgan fingerprint density at radius 3 is 1.95 bits per heavy atom. The van der Waals surface area contributed by atoms with Gasteiger partial charge in [-0.05, 0) is 19.9 Å². The lowest BCUT2D eigenvalue weighted by Crippen LogP contribution is -2.22. The number of unbranched alkanes of at least 4 members (excludes halogenated alkanes) is 9. The summed E-state index contributed by atoms with van der Waals surface area (Å²) in [6, 6.07) is 0. The minimum Gasteiger partial charge on any atom is -0.461 e. The second-order valence-corrected chi connectivity index (χ2v) is 5.85. The fraction of sp³-hybridized carbons (Fsp3) is 0.833. The molecule has 0 aromatic heterocycles. The van der Waals surface area contributed by atoms with Crippen LogP contribution in [0.1, 0.15) is 78.1 Å². The zero-order chi connectivity index (χ0) is 15.8. The summed E-state index contributed by atoms with van der Waals surface area (Å²) in [6.45, 7) is 9.65. The molecular weight excluding hydrogens is 262 g/mol. The number of carbonyl (C=O) groups excluding carboxylic acids is 1. The van der Waals surface area contributed by atoms with Crippen LogP contribution < -0.4 is 5.32 Å². The molecule has 0 saturated heterocycles. The molecule has 0 heterocycles. The lowest BCUT2D eigenvalue weighted by atomic mass is 10.1. The predicted molar refractivity (Wildman–Crippen MR) is 90.5 cm³/mol. The normalized spacial score (nSPS) is 10.6. The number of hydrogen-bond donors (Lipinski definition) is 1. The van der Waals surface area contributed by atoms with Gasteiger partial charge >= 0.3 is 5.97 Å². The molecule has 0 aromatic rings. The van der Waals surface area contributed by atoms with Crippen LogP contribution in [-0.4, -0.2) is 25.7 Å². The van der Waals surface area contributed by atoms with E-state index in [1.165, 1.54) is 64.2 Å². The molecule has 0 atom stereocenters. The third-order valence-corrected chi connectivity index (χ3v) is 3.57. The van der Waals surface area contributed by atoms with E-state index in [9.17, 15) is 4.79 Å². The molecule has 1 N–H and O–H groups in total. The van der Waals surface area contributed by atoms with Crippen LogP contribution in [0.5, 0.6) is 0 Å². The van der Waals surface area contributed by atoms with Crippen LogP contribution in [0.2, 0.25) is 0 Å². The third kappa shape index (κ3) is 15.4. The maximum atomic E-state index is 11.1. The first-order chi connectivity index (χ1) is 10.2. The quantitative estimate of drug-likeness (QED) is 0.272. The molecule has 124 valence electrons. The highest BCUT2D eigenvalue weighted by Crippen LogP contribution is 2.10. The molecular formula is C18H35NO2. The molecule has 21 heavy (non-hydrogen) atoms. The van der Waals surface area contributed by atoms with Gasteiger partial charge in [-0.15, -0.1) is 0 Å². The maximum absolute atomic E-state index is 11.1. The summed E-state index contributed by atoms with van der Waals surface area (Å²) in [7, 11) is 0. The smallest absolute Gasteiger partial charge is 0.333 e. The summed E-state index contributed by atoms with van der Waals surface area (Å²) in [5, 5.41) is 3.30. The second-order valence-electron chi connectivity index (χ2n) is 5.85. The van der Waals surface area contributed by atoms with Gasteiger partial charge in [-0.3, -0.25) is 0 Å². The number of nitrogens with one attached hydrogen (secondary N) is 1. The zero-order valence-corrected chi connectivity index (χ0v) is 14.2. The topological polar surface area (TPSA) is 38.3 Å². The van der Waals surface area contributed by atoms with Gasteiger partial charge in [0.05, 0.1) is 0 Å². The Hall–Kier alpha value is -0.830. The Balaban J connectivity index is 3.06. The van der Waals surface area contributed by atoms with Crippen LogP contribution in [-0.2, 0) is 9.53 Å². The van der Waals surface area contributed by atoms with Crippen molar-refractivity contribution in [3.05, 3.63) is 12.2 Å². The largest absolute Gasteiger partial charge is 0.461 e. The van der Waals surface area contributed by atoms with Crippen molar-refractivity contribution in [1.29, 1.82) is 0 Å². The number of ether oxygens (including phenoxy) is 1. The van der Waals surface area contributed by atoms with Gasteiger partial charge in [0.2, 0.25) is 0 Å². The highest BCUT2D eigenvalue weighted by atomic mass is 16.5. The second kappa shape index (κ2) is 15.6. The SMILES string of the molecule is C=C(C)C(=O)OCCNCCCCCCCCCCCC. The van der Waals surface area contributed by atoms with Crippen LogP contribution in [0, 0.1) is 0 Å². The third-order valence-electron chi connectivity index (χ3n) is 3.57. The van der Waals surface area contributed by atoms with E-state index >= 15 is 0 Å². The lowest BCUT2D eigenvalue weighted by molar-refractivity contribution is -0.138. The summed E-state index contributed by atoms with van der Waals surface area (Å²) in [4.78, 5) is 11.1. The van der Waals surface area contributed by atoms with Crippen molar-refractivity contribution < 1.29 is 9.53 Å². The molecule has 0 rings (SSSR count). The van der Waals surface area contributed by atoms with Gasteiger partial charge in [-0.25, -0.2) is 4.79 Å². The summed E-state index contributed by atoms with van der Waals surface area (Å²) in [5.74, 6) is -0.296. The van der Waals surface area contributed by atoms with Gasteiger partial charge in [0.1, 0.15) is 6.61 Å². The minimum atomic E-state index is -0.296. The number of esters is 1. The summed E-state index contributed by atoms with van der Waals surface area (Å²) in [6.07, 6.45) is 13.6. The Kier molecular flexibility index (Phi) is 14.9. The highest BCUT2D eigenvalue weighted by Gasteiger charge is 2.01. The Morgan fingerprint density at radius 1 is 0.905 bits per heavy atom. The molecule has 3 heteroatoms. The zero-order valence-electron chi connectivity index (χ0n) is 14.2. The van der Waals surface area contributed by atoms with Crippen molar-refractivity contribution >= 4 is 5.97 Å². The molecule has 0 spiro atoms.